The van der Waals surface area contributed by atoms with Gasteiger partial charge in [-0.25, -0.2) is 0 Å². The van der Waals surface area contributed by atoms with E-state index >= 15 is 0 Å². The highest BCUT2D eigenvalue weighted by Crippen LogP contribution is 2.60. The van der Waals surface area contributed by atoms with Gasteiger partial charge >= 0.3 is 0 Å². The van der Waals surface area contributed by atoms with E-state index in [1.807, 2.05) is 31.3 Å². The summed E-state index contributed by atoms with van der Waals surface area (Å²) < 4.78 is 6.06. The minimum atomic E-state index is 0.336. The van der Waals surface area contributed by atoms with Crippen molar-refractivity contribution in [3.05, 3.63) is 34.9 Å². The van der Waals surface area contributed by atoms with Crippen LogP contribution in [0.25, 0.3) is 0 Å². The zero-order valence-corrected chi connectivity index (χ0v) is 15.0. The molecule has 3 aliphatic rings. The van der Waals surface area contributed by atoms with Gasteiger partial charge in [-0.1, -0.05) is 42.6 Å². The van der Waals surface area contributed by atoms with Gasteiger partial charge < -0.3 is 15.4 Å². The highest BCUT2D eigenvalue weighted by molar-refractivity contribution is 6.31. The Balaban J connectivity index is 1.42. The number of ether oxygens (including phenoxy) is 1. The molecule has 3 unspecified atom stereocenters. The van der Waals surface area contributed by atoms with Crippen molar-refractivity contribution in [2.24, 2.45) is 16.3 Å². The molecular weight excluding hydrogens is 322 g/mol. The number of hydrogen-bond acceptors (Lipinski definition) is 2. The number of nitrogens with zero attached hydrogens (tertiary/aromatic N) is 1. The van der Waals surface area contributed by atoms with Crippen LogP contribution in [0.15, 0.2) is 29.3 Å². The molecule has 1 heterocycles. The van der Waals surface area contributed by atoms with E-state index in [9.17, 15) is 0 Å². The topological polar surface area (TPSA) is 45.7 Å². The summed E-state index contributed by atoms with van der Waals surface area (Å²) in [5.41, 5.74) is 1.43. The first-order valence-corrected chi connectivity index (χ1v) is 9.44. The van der Waals surface area contributed by atoms with Gasteiger partial charge in [0.25, 0.3) is 0 Å². The van der Waals surface area contributed by atoms with E-state index in [-0.39, 0.29) is 0 Å². The molecule has 4 rings (SSSR count). The van der Waals surface area contributed by atoms with E-state index in [2.05, 4.69) is 15.6 Å². The van der Waals surface area contributed by atoms with Crippen LogP contribution in [0.2, 0.25) is 5.02 Å². The van der Waals surface area contributed by atoms with Crippen LogP contribution >= 0.6 is 11.6 Å². The van der Waals surface area contributed by atoms with Gasteiger partial charge in [0.2, 0.25) is 0 Å². The molecule has 0 radical (unpaired) electrons. The molecule has 5 heteroatoms. The van der Waals surface area contributed by atoms with Crippen molar-refractivity contribution in [3.63, 3.8) is 0 Å². The molecule has 130 valence electrons. The summed E-state index contributed by atoms with van der Waals surface area (Å²) in [7, 11) is 1.84. The predicted octanol–water partition coefficient (Wildman–Crippen LogP) is 3.35. The Morgan fingerprint density at radius 3 is 2.88 bits per heavy atom. The van der Waals surface area contributed by atoms with Crippen LogP contribution < -0.4 is 10.6 Å². The van der Waals surface area contributed by atoms with Crippen LogP contribution in [-0.2, 0) is 11.3 Å². The van der Waals surface area contributed by atoms with Crippen LogP contribution in [0.4, 0.5) is 0 Å². The van der Waals surface area contributed by atoms with Crippen molar-refractivity contribution in [1.29, 1.82) is 0 Å². The van der Waals surface area contributed by atoms with E-state index in [1.54, 1.807) is 0 Å². The Labute approximate surface area is 149 Å². The molecule has 2 N–H and O–H groups in total. The SMILES string of the molecule is CN=C(NCc1ccccc1Cl)NC1C2CCOC2C12CCCC2. The number of hydrogen-bond donors (Lipinski definition) is 2. The molecule has 2 saturated carbocycles. The van der Waals surface area contributed by atoms with Crippen molar-refractivity contribution in [2.75, 3.05) is 13.7 Å². The van der Waals surface area contributed by atoms with Gasteiger partial charge in [-0.2, -0.15) is 0 Å². The number of benzene rings is 1. The van der Waals surface area contributed by atoms with E-state index < -0.39 is 0 Å². The first kappa shape index (κ1) is 16.2. The Morgan fingerprint density at radius 1 is 1.33 bits per heavy atom. The van der Waals surface area contributed by atoms with Crippen molar-refractivity contribution in [3.8, 4) is 0 Å². The Kier molecular flexibility index (Phi) is 4.44. The molecule has 1 saturated heterocycles. The fraction of sp³-hybridized carbons (Fsp3) is 0.632. The molecule has 3 fully saturated rings. The standard InChI is InChI=1S/C19H26ClN3O/c1-21-18(22-12-13-6-2-3-7-15(13)20)23-16-14-8-11-24-17(14)19(16)9-4-5-10-19/h2-3,6-7,14,16-17H,4-5,8-12H2,1H3,(H2,21,22,23). The van der Waals surface area contributed by atoms with Gasteiger partial charge in [0.05, 0.1) is 6.10 Å². The molecule has 0 bridgehead atoms. The van der Waals surface area contributed by atoms with Gasteiger partial charge in [-0.05, 0) is 30.9 Å². The molecule has 0 amide bonds. The van der Waals surface area contributed by atoms with Crippen LogP contribution in [0.1, 0.15) is 37.7 Å². The highest BCUT2D eigenvalue weighted by atomic mass is 35.5. The smallest absolute Gasteiger partial charge is 0.191 e. The Morgan fingerprint density at radius 2 is 2.12 bits per heavy atom. The third-order valence-corrected chi connectivity index (χ3v) is 6.57. The first-order chi connectivity index (χ1) is 11.7. The lowest BCUT2D eigenvalue weighted by atomic mass is 9.54. The minimum Gasteiger partial charge on any atom is -0.377 e. The number of guanidine groups is 1. The zero-order valence-electron chi connectivity index (χ0n) is 14.2. The second kappa shape index (κ2) is 6.57. The van der Waals surface area contributed by atoms with E-state index in [1.165, 1.54) is 32.1 Å². The monoisotopic (exact) mass is 347 g/mol. The van der Waals surface area contributed by atoms with Crippen molar-refractivity contribution in [2.45, 2.75) is 50.8 Å². The summed E-state index contributed by atoms with van der Waals surface area (Å²) in [6.45, 7) is 1.60. The molecule has 1 spiro atoms. The molecule has 2 aliphatic carbocycles. The van der Waals surface area contributed by atoms with Gasteiger partial charge in [0.15, 0.2) is 5.96 Å². The van der Waals surface area contributed by atoms with Gasteiger partial charge in [-0.3, -0.25) is 4.99 Å². The van der Waals surface area contributed by atoms with Crippen molar-refractivity contribution < 1.29 is 4.74 Å². The van der Waals surface area contributed by atoms with Crippen LogP contribution in [0, 0.1) is 11.3 Å². The summed E-state index contributed by atoms with van der Waals surface area (Å²) in [5, 5.41) is 7.93. The summed E-state index contributed by atoms with van der Waals surface area (Å²) in [4.78, 5) is 4.43. The maximum atomic E-state index is 6.25. The maximum Gasteiger partial charge on any atom is 0.191 e. The quantitative estimate of drug-likeness (QED) is 0.651. The van der Waals surface area contributed by atoms with Gasteiger partial charge in [0.1, 0.15) is 0 Å². The lowest BCUT2D eigenvalue weighted by Crippen LogP contribution is -2.69. The third-order valence-electron chi connectivity index (χ3n) is 6.21. The number of rotatable bonds is 3. The number of fused-ring (bicyclic) bond motifs is 2. The van der Waals surface area contributed by atoms with Gasteiger partial charge in [0, 0.05) is 42.6 Å². The third kappa shape index (κ3) is 2.60. The fourth-order valence-corrected chi connectivity index (χ4v) is 5.27. The van der Waals surface area contributed by atoms with Crippen molar-refractivity contribution >= 4 is 17.6 Å². The average molecular weight is 348 g/mol. The molecule has 3 atom stereocenters. The van der Waals surface area contributed by atoms with Crippen LogP contribution in [0.5, 0.6) is 0 Å². The summed E-state index contributed by atoms with van der Waals surface area (Å²) in [6, 6.07) is 8.43. The first-order valence-electron chi connectivity index (χ1n) is 9.07. The molecular formula is C19H26ClN3O. The zero-order chi connectivity index (χ0) is 16.6. The van der Waals surface area contributed by atoms with E-state index in [0.29, 0.717) is 30.0 Å². The minimum absolute atomic E-state index is 0.336. The Hall–Kier alpha value is -1.26. The van der Waals surface area contributed by atoms with E-state index in [0.717, 1.165) is 23.2 Å². The number of halogens is 1. The van der Waals surface area contributed by atoms with Crippen LogP contribution in [0.3, 0.4) is 0 Å². The summed E-state index contributed by atoms with van der Waals surface area (Å²) >= 11 is 6.25. The molecule has 0 aromatic heterocycles. The molecule has 1 aliphatic heterocycles. The lowest BCUT2D eigenvalue weighted by molar-refractivity contribution is -0.125. The predicted molar refractivity (Wildman–Crippen MR) is 97.3 cm³/mol. The number of aliphatic imine (C=N–C) groups is 1. The second-order valence-corrected chi connectivity index (χ2v) is 7.73. The normalized spacial score (nSPS) is 30.9. The molecule has 4 nitrogen and oxygen atoms in total. The number of nitrogens with one attached hydrogen (secondary N) is 2. The van der Waals surface area contributed by atoms with Gasteiger partial charge in [-0.15, -0.1) is 0 Å². The average Bonchev–Trinajstić information content (AvgIpc) is 3.25. The van der Waals surface area contributed by atoms with Crippen molar-refractivity contribution in [1.82, 2.24) is 10.6 Å². The largest absolute Gasteiger partial charge is 0.377 e. The molecule has 1 aromatic rings. The Bertz CT molecular complexity index is 627. The second-order valence-electron chi connectivity index (χ2n) is 7.32. The van der Waals surface area contributed by atoms with Crippen LogP contribution in [-0.4, -0.2) is 31.8 Å². The maximum absolute atomic E-state index is 6.25. The molecule has 1 aromatic carbocycles. The highest BCUT2D eigenvalue weighted by Gasteiger charge is 2.65. The van der Waals surface area contributed by atoms with E-state index in [4.69, 9.17) is 16.3 Å². The summed E-state index contributed by atoms with van der Waals surface area (Å²) in [6.07, 6.45) is 6.87. The fourth-order valence-electron chi connectivity index (χ4n) is 5.07. The lowest BCUT2D eigenvalue weighted by Gasteiger charge is -2.57. The molecule has 24 heavy (non-hydrogen) atoms. The summed E-state index contributed by atoms with van der Waals surface area (Å²) in [5.74, 6) is 1.51.